The molecule has 2 saturated heterocycles. The monoisotopic (exact) mass is 354 g/mol. The molecule has 3 heterocycles. The van der Waals surface area contributed by atoms with Crippen LogP contribution >= 0.6 is 11.8 Å². The van der Waals surface area contributed by atoms with Crippen LogP contribution < -0.4 is 4.74 Å². The summed E-state index contributed by atoms with van der Waals surface area (Å²) < 4.78 is 6.20. The van der Waals surface area contributed by atoms with Crippen LogP contribution in [0.2, 0.25) is 0 Å². The summed E-state index contributed by atoms with van der Waals surface area (Å²) in [5, 5.41) is 0. The van der Waals surface area contributed by atoms with Gasteiger partial charge in [-0.3, -0.25) is 9.78 Å². The lowest BCUT2D eigenvalue weighted by Gasteiger charge is -2.47. The highest BCUT2D eigenvalue weighted by atomic mass is 32.2. The highest BCUT2D eigenvalue weighted by Gasteiger charge is 2.51. The molecule has 0 N–H and O–H groups in total. The minimum absolute atomic E-state index is 0.148. The van der Waals surface area contributed by atoms with Crippen molar-refractivity contribution in [3.05, 3.63) is 59.4 Å². The van der Waals surface area contributed by atoms with E-state index in [0.717, 1.165) is 47.7 Å². The molecule has 2 aliphatic heterocycles. The molecule has 0 bridgehead atoms. The molecule has 2 fully saturated rings. The average Bonchev–Trinajstić information content (AvgIpc) is 2.97. The first kappa shape index (κ1) is 16.5. The first-order valence-corrected chi connectivity index (χ1v) is 9.60. The number of likely N-dealkylation sites (tertiary alicyclic amines) is 1. The fourth-order valence-corrected chi connectivity index (χ4v) is 5.30. The SMILES string of the molecule is Cc1cc(C)cc(C(=O)N2CC3(CC(Oc4cccnc4)CS3)C2)c1. The molecule has 5 heteroatoms. The molecule has 2 aliphatic rings. The number of carbonyl (C=O) groups is 1. The van der Waals surface area contributed by atoms with E-state index in [1.165, 1.54) is 0 Å². The maximum Gasteiger partial charge on any atom is 0.253 e. The molecule has 0 saturated carbocycles. The average molecular weight is 354 g/mol. The summed E-state index contributed by atoms with van der Waals surface area (Å²) in [6.45, 7) is 5.70. The van der Waals surface area contributed by atoms with Gasteiger partial charge in [-0.15, -0.1) is 11.8 Å². The van der Waals surface area contributed by atoms with Crippen LogP contribution in [0, 0.1) is 13.8 Å². The van der Waals surface area contributed by atoms with Crippen molar-refractivity contribution in [2.24, 2.45) is 0 Å². The van der Waals surface area contributed by atoms with E-state index < -0.39 is 0 Å². The Kier molecular flexibility index (Phi) is 4.20. The molecule has 0 aliphatic carbocycles. The molecular weight excluding hydrogens is 332 g/mol. The molecule has 130 valence electrons. The summed E-state index contributed by atoms with van der Waals surface area (Å²) in [7, 11) is 0. The van der Waals surface area contributed by atoms with Gasteiger partial charge in [-0.25, -0.2) is 0 Å². The predicted octanol–water partition coefficient (Wildman–Crippen LogP) is 3.48. The Morgan fingerprint density at radius 2 is 2.04 bits per heavy atom. The minimum atomic E-state index is 0.148. The topological polar surface area (TPSA) is 42.4 Å². The van der Waals surface area contributed by atoms with Crippen molar-refractivity contribution in [3.63, 3.8) is 0 Å². The van der Waals surface area contributed by atoms with Gasteiger partial charge in [0, 0.05) is 37.0 Å². The van der Waals surface area contributed by atoms with Crippen molar-refractivity contribution in [1.29, 1.82) is 0 Å². The Labute approximate surface area is 152 Å². The predicted molar refractivity (Wildman–Crippen MR) is 100 cm³/mol. The molecule has 25 heavy (non-hydrogen) atoms. The Morgan fingerprint density at radius 3 is 2.72 bits per heavy atom. The number of hydrogen-bond acceptors (Lipinski definition) is 4. The lowest BCUT2D eigenvalue weighted by Crippen LogP contribution is -2.60. The second kappa shape index (κ2) is 6.37. The van der Waals surface area contributed by atoms with E-state index in [2.05, 4.69) is 11.1 Å². The maximum absolute atomic E-state index is 12.7. The zero-order valence-electron chi connectivity index (χ0n) is 14.6. The summed E-state index contributed by atoms with van der Waals surface area (Å²) in [4.78, 5) is 18.8. The zero-order chi connectivity index (χ0) is 17.4. The number of rotatable bonds is 3. The second-order valence-electron chi connectivity index (χ2n) is 7.16. The van der Waals surface area contributed by atoms with E-state index in [-0.39, 0.29) is 16.8 Å². The van der Waals surface area contributed by atoms with E-state index in [0.29, 0.717) is 0 Å². The van der Waals surface area contributed by atoms with E-state index >= 15 is 0 Å². The van der Waals surface area contributed by atoms with Gasteiger partial charge in [0.05, 0.1) is 10.9 Å². The van der Waals surface area contributed by atoms with Crippen molar-refractivity contribution in [2.75, 3.05) is 18.8 Å². The Bertz CT molecular complexity index is 767. The lowest BCUT2D eigenvalue weighted by molar-refractivity contribution is 0.0517. The fourth-order valence-electron chi connectivity index (χ4n) is 3.78. The minimum Gasteiger partial charge on any atom is -0.488 e. The zero-order valence-corrected chi connectivity index (χ0v) is 15.4. The number of thioether (sulfide) groups is 1. The molecule has 1 amide bonds. The number of amides is 1. The molecule has 0 radical (unpaired) electrons. The highest BCUT2D eigenvalue weighted by molar-refractivity contribution is 8.01. The summed E-state index contributed by atoms with van der Waals surface area (Å²) in [5.41, 5.74) is 3.08. The van der Waals surface area contributed by atoms with Crippen LogP contribution in [-0.2, 0) is 0 Å². The normalized spacial score (nSPS) is 21.2. The number of hydrogen-bond donors (Lipinski definition) is 0. The summed E-state index contributed by atoms with van der Waals surface area (Å²) in [6.07, 6.45) is 4.70. The van der Waals surface area contributed by atoms with Crippen LogP contribution in [0.4, 0.5) is 0 Å². The van der Waals surface area contributed by atoms with Crippen molar-refractivity contribution >= 4 is 17.7 Å². The maximum atomic E-state index is 12.7. The van der Waals surface area contributed by atoms with Gasteiger partial charge in [0.1, 0.15) is 11.9 Å². The Hall–Kier alpha value is -2.01. The van der Waals surface area contributed by atoms with E-state index in [9.17, 15) is 4.79 Å². The number of aromatic nitrogens is 1. The smallest absolute Gasteiger partial charge is 0.253 e. The number of benzene rings is 1. The highest BCUT2D eigenvalue weighted by Crippen LogP contribution is 2.46. The van der Waals surface area contributed by atoms with Gasteiger partial charge >= 0.3 is 0 Å². The molecule has 2 aromatic rings. The van der Waals surface area contributed by atoms with Crippen LogP contribution in [0.25, 0.3) is 0 Å². The molecule has 1 aromatic carbocycles. The van der Waals surface area contributed by atoms with Gasteiger partial charge in [-0.05, 0) is 38.1 Å². The van der Waals surface area contributed by atoms with Gasteiger partial charge in [0.15, 0.2) is 0 Å². The van der Waals surface area contributed by atoms with E-state index in [1.54, 1.807) is 12.4 Å². The largest absolute Gasteiger partial charge is 0.488 e. The van der Waals surface area contributed by atoms with E-state index in [4.69, 9.17) is 4.74 Å². The second-order valence-corrected chi connectivity index (χ2v) is 8.65. The van der Waals surface area contributed by atoms with Gasteiger partial charge in [0.25, 0.3) is 5.91 Å². The summed E-state index contributed by atoms with van der Waals surface area (Å²) >= 11 is 1.94. The lowest BCUT2D eigenvalue weighted by atomic mass is 9.92. The molecule has 1 unspecified atom stereocenters. The third-order valence-electron chi connectivity index (χ3n) is 4.83. The number of nitrogens with zero attached hydrogens (tertiary/aromatic N) is 2. The molecule has 4 rings (SSSR count). The van der Waals surface area contributed by atoms with Crippen LogP contribution in [-0.4, -0.2) is 45.5 Å². The van der Waals surface area contributed by atoms with Crippen molar-refractivity contribution in [1.82, 2.24) is 9.88 Å². The Morgan fingerprint density at radius 1 is 1.28 bits per heavy atom. The van der Waals surface area contributed by atoms with Crippen molar-refractivity contribution in [3.8, 4) is 5.75 Å². The van der Waals surface area contributed by atoms with Gasteiger partial charge in [-0.2, -0.15) is 0 Å². The first-order valence-electron chi connectivity index (χ1n) is 8.61. The molecular formula is C20H22N2O2S. The van der Waals surface area contributed by atoms with Gasteiger partial charge in [-0.1, -0.05) is 17.2 Å². The first-order chi connectivity index (χ1) is 12.0. The van der Waals surface area contributed by atoms with Crippen LogP contribution in [0.15, 0.2) is 42.7 Å². The van der Waals surface area contributed by atoms with Gasteiger partial charge < -0.3 is 9.64 Å². The van der Waals surface area contributed by atoms with Crippen molar-refractivity contribution < 1.29 is 9.53 Å². The molecule has 1 aromatic heterocycles. The number of pyridine rings is 1. The molecule has 1 atom stereocenters. The number of ether oxygens (including phenoxy) is 1. The number of carbonyl (C=O) groups excluding carboxylic acids is 1. The quantitative estimate of drug-likeness (QED) is 0.846. The Balaban J connectivity index is 1.36. The standard InChI is InChI=1S/C20H22N2O2S/c1-14-6-15(2)8-16(7-14)19(23)22-12-20(13-22)9-18(11-25-20)24-17-4-3-5-21-10-17/h3-8,10,18H,9,11-13H2,1-2H3. The third kappa shape index (κ3) is 3.38. The molecule has 1 spiro atoms. The summed E-state index contributed by atoms with van der Waals surface area (Å²) in [6, 6.07) is 9.90. The fraction of sp³-hybridized carbons (Fsp3) is 0.400. The number of aryl methyl sites for hydroxylation is 2. The summed E-state index contributed by atoms with van der Waals surface area (Å²) in [5.74, 6) is 1.95. The van der Waals surface area contributed by atoms with Crippen LogP contribution in [0.5, 0.6) is 5.75 Å². The van der Waals surface area contributed by atoms with Crippen LogP contribution in [0.1, 0.15) is 27.9 Å². The van der Waals surface area contributed by atoms with E-state index in [1.807, 2.05) is 54.8 Å². The van der Waals surface area contributed by atoms with Crippen molar-refractivity contribution in [2.45, 2.75) is 31.1 Å². The third-order valence-corrected chi connectivity index (χ3v) is 6.40. The van der Waals surface area contributed by atoms with Crippen LogP contribution in [0.3, 0.4) is 0 Å². The van der Waals surface area contributed by atoms with Gasteiger partial charge in [0.2, 0.25) is 0 Å². The molecule has 4 nitrogen and oxygen atoms in total.